The molecule has 2 aromatic carbocycles. The van der Waals surface area contributed by atoms with Crippen molar-refractivity contribution >= 4 is 16.6 Å². The fraction of sp³-hybridized carbons (Fsp3) is 0.364. The zero-order valence-corrected chi connectivity index (χ0v) is 15.5. The van der Waals surface area contributed by atoms with Crippen molar-refractivity contribution in [1.82, 2.24) is 9.97 Å². The molecule has 1 aliphatic heterocycles. The molecular weight excluding hydrogens is 338 g/mol. The predicted octanol–water partition coefficient (Wildman–Crippen LogP) is 4.09. The van der Waals surface area contributed by atoms with Gasteiger partial charge in [-0.1, -0.05) is 18.2 Å². The highest BCUT2D eigenvalue weighted by Gasteiger charge is 2.27. The van der Waals surface area contributed by atoms with Crippen LogP contribution in [-0.2, 0) is 4.74 Å². The third-order valence-corrected chi connectivity index (χ3v) is 5.50. The second-order valence-corrected chi connectivity index (χ2v) is 7.35. The average Bonchev–Trinajstić information content (AvgIpc) is 3.59. The summed E-state index contributed by atoms with van der Waals surface area (Å²) < 4.78 is 11.4. The van der Waals surface area contributed by atoms with Crippen LogP contribution >= 0.6 is 0 Å². The van der Waals surface area contributed by atoms with Gasteiger partial charge in [-0.05, 0) is 47.4 Å². The Morgan fingerprint density at radius 3 is 2.74 bits per heavy atom. The Kier molecular flexibility index (Phi) is 4.17. The van der Waals surface area contributed by atoms with E-state index < -0.39 is 0 Å². The summed E-state index contributed by atoms with van der Waals surface area (Å²) in [6.45, 7) is 2.37. The lowest BCUT2D eigenvalue weighted by atomic mass is 10.0. The van der Waals surface area contributed by atoms with E-state index in [-0.39, 0.29) is 6.10 Å². The zero-order valence-electron chi connectivity index (χ0n) is 15.5. The Hall–Kier alpha value is -2.66. The maximum Gasteiger partial charge on any atom is 0.132 e. The lowest BCUT2D eigenvalue weighted by molar-refractivity contribution is 0.0396. The first-order valence-electron chi connectivity index (χ1n) is 9.56. The first kappa shape index (κ1) is 16.5. The van der Waals surface area contributed by atoms with Crippen molar-refractivity contribution in [2.24, 2.45) is 0 Å². The van der Waals surface area contributed by atoms with Crippen LogP contribution in [0.3, 0.4) is 0 Å². The molecule has 2 heterocycles. The highest BCUT2D eigenvalue weighted by Crippen LogP contribution is 2.39. The van der Waals surface area contributed by atoms with E-state index in [9.17, 15) is 0 Å². The van der Waals surface area contributed by atoms with Gasteiger partial charge in [-0.15, -0.1) is 0 Å². The Balaban J connectivity index is 1.39. The molecule has 2 fully saturated rings. The SMILES string of the molecule is COc1ccc2cc([C@@H]3CN(c4cc(C5CC5)ncn4)CCO3)ccc2c1. The van der Waals surface area contributed by atoms with E-state index in [1.807, 2.05) is 6.07 Å². The van der Waals surface area contributed by atoms with Crippen LogP contribution in [0, 0.1) is 0 Å². The van der Waals surface area contributed by atoms with E-state index >= 15 is 0 Å². The number of hydrogen-bond acceptors (Lipinski definition) is 5. The molecule has 1 aromatic heterocycles. The molecule has 5 nitrogen and oxygen atoms in total. The summed E-state index contributed by atoms with van der Waals surface area (Å²) in [6, 6.07) is 14.8. The van der Waals surface area contributed by atoms with Gasteiger partial charge in [-0.25, -0.2) is 9.97 Å². The summed E-state index contributed by atoms with van der Waals surface area (Å²) in [5.41, 5.74) is 2.39. The Morgan fingerprint density at radius 2 is 1.89 bits per heavy atom. The van der Waals surface area contributed by atoms with Crippen molar-refractivity contribution in [3.63, 3.8) is 0 Å². The van der Waals surface area contributed by atoms with Gasteiger partial charge in [0.15, 0.2) is 0 Å². The van der Waals surface area contributed by atoms with Crippen LogP contribution < -0.4 is 9.64 Å². The van der Waals surface area contributed by atoms with Gasteiger partial charge in [0.2, 0.25) is 0 Å². The smallest absolute Gasteiger partial charge is 0.132 e. The normalized spacial score (nSPS) is 20.0. The summed E-state index contributed by atoms with van der Waals surface area (Å²) in [6.07, 6.45) is 4.26. The van der Waals surface area contributed by atoms with E-state index in [2.05, 4.69) is 51.3 Å². The molecule has 1 aliphatic carbocycles. The predicted molar refractivity (Wildman–Crippen MR) is 105 cm³/mol. The molecule has 138 valence electrons. The number of morpholine rings is 1. The molecule has 0 amide bonds. The maximum atomic E-state index is 6.09. The lowest BCUT2D eigenvalue weighted by Crippen LogP contribution is -2.38. The van der Waals surface area contributed by atoms with Crippen molar-refractivity contribution in [2.45, 2.75) is 24.9 Å². The maximum absolute atomic E-state index is 6.09. The van der Waals surface area contributed by atoms with Crippen LogP contribution in [0.15, 0.2) is 48.8 Å². The fourth-order valence-electron chi connectivity index (χ4n) is 3.77. The van der Waals surface area contributed by atoms with E-state index in [1.165, 1.54) is 34.9 Å². The summed E-state index contributed by atoms with van der Waals surface area (Å²) in [5, 5.41) is 2.38. The molecule has 0 N–H and O–H groups in total. The minimum absolute atomic E-state index is 0.0459. The van der Waals surface area contributed by atoms with Crippen molar-refractivity contribution in [3.05, 3.63) is 60.0 Å². The summed E-state index contributed by atoms with van der Waals surface area (Å²) in [5.74, 6) is 2.54. The van der Waals surface area contributed by atoms with Crippen molar-refractivity contribution in [2.75, 3.05) is 31.7 Å². The Labute approximate surface area is 159 Å². The van der Waals surface area contributed by atoms with E-state index in [4.69, 9.17) is 9.47 Å². The van der Waals surface area contributed by atoms with Gasteiger partial charge in [-0.3, -0.25) is 0 Å². The first-order chi connectivity index (χ1) is 13.3. The van der Waals surface area contributed by atoms with Gasteiger partial charge in [0.25, 0.3) is 0 Å². The number of hydrogen-bond donors (Lipinski definition) is 0. The van der Waals surface area contributed by atoms with Crippen LogP contribution in [0.5, 0.6) is 5.75 Å². The second kappa shape index (κ2) is 6.82. The van der Waals surface area contributed by atoms with Gasteiger partial charge in [0.1, 0.15) is 24.0 Å². The van der Waals surface area contributed by atoms with Gasteiger partial charge < -0.3 is 14.4 Å². The standard InChI is InChI=1S/C22H23N3O2/c1-26-19-7-6-16-10-18(5-4-17(16)11-19)21-13-25(8-9-27-21)22-12-20(15-2-3-15)23-14-24-22/h4-7,10-12,14-15,21H,2-3,8-9,13H2,1H3/t21-/m0/s1. The molecule has 2 aliphatic rings. The Morgan fingerprint density at radius 1 is 1.04 bits per heavy atom. The molecular formula is C22H23N3O2. The van der Waals surface area contributed by atoms with E-state index in [1.54, 1.807) is 13.4 Å². The molecule has 0 unspecified atom stereocenters. The third kappa shape index (κ3) is 3.35. The molecule has 0 spiro atoms. The number of anilines is 1. The van der Waals surface area contributed by atoms with Crippen LogP contribution in [0.2, 0.25) is 0 Å². The minimum Gasteiger partial charge on any atom is -0.497 e. The van der Waals surface area contributed by atoms with Crippen LogP contribution in [-0.4, -0.2) is 36.8 Å². The summed E-state index contributed by atoms with van der Waals surface area (Å²) >= 11 is 0. The number of methoxy groups -OCH3 is 1. The van der Waals surface area contributed by atoms with Gasteiger partial charge in [0, 0.05) is 30.8 Å². The number of aromatic nitrogens is 2. The largest absolute Gasteiger partial charge is 0.497 e. The van der Waals surface area contributed by atoms with Crippen LogP contribution in [0.25, 0.3) is 10.8 Å². The number of rotatable bonds is 4. The molecule has 1 saturated heterocycles. The van der Waals surface area contributed by atoms with Gasteiger partial charge in [0.05, 0.1) is 13.7 Å². The Bertz CT molecular complexity index is 971. The second-order valence-electron chi connectivity index (χ2n) is 7.35. The highest BCUT2D eigenvalue weighted by atomic mass is 16.5. The monoisotopic (exact) mass is 361 g/mol. The first-order valence-corrected chi connectivity index (χ1v) is 9.56. The molecule has 0 bridgehead atoms. The minimum atomic E-state index is 0.0459. The van der Waals surface area contributed by atoms with Crippen molar-refractivity contribution in [1.29, 1.82) is 0 Å². The lowest BCUT2D eigenvalue weighted by Gasteiger charge is -2.34. The third-order valence-electron chi connectivity index (χ3n) is 5.50. The molecule has 1 atom stereocenters. The van der Waals surface area contributed by atoms with Gasteiger partial charge >= 0.3 is 0 Å². The highest BCUT2D eigenvalue weighted by molar-refractivity contribution is 5.84. The average molecular weight is 361 g/mol. The molecule has 3 aromatic rings. The number of benzene rings is 2. The number of fused-ring (bicyclic) bond motifs is 1. The van der Waals surface area contributed by atoms with Crippen molar-refractivity contribution < 1.29 is 9.47 Å². The quantitative estimate of drug-likeness (QED) is 0.700. The molecule has 1 saturated carbocycles. The summed E-state index contributed by atoms with van der Waals surface area (Å²) in [4.78, 5) is 11.3. The topological polar surface area (TPSA) is 47.5 Å². The van der Waals surface area contributed by atoms with Gasteiger partial charge in [-0.2, -0.15) is 0 Å². The van der Waals surface area contributed by atoms with E-state index in [0.29, 0.717) is 12.5 Å². The number of nitrogens with zero attached hydrogens (tertiary/aromatic N) is 3. The molecule has 0 radical (unpaired) electrons. The van der Waals surface area contributed by atoms with Crippen LogP contribution in [0.4, 0.5) is 5.82 Å². The molecule has 5 rings (SSSR count). The summed E-state index contributed by atoms with van der Waals surface area (Å²) in [7, 11) is 1.70. The van der Waals surface area contributed by atoms with E-state index in [0.717, 1.165) is 24.7 Å². The van der Waals surface area contributed by atoms with Crippen molar-refractivity contribution in [3.8, 4) is 5.75 Å². The fourth-order valence-corrected chi connectivity index (χ4v) is 3.77. The zero-order chi connectivity index (χ0) is 18.2. The number of ether oxygens (including phenoxy) is 2. The molecule has 27 heavy (non-hydrogen) atoms. The van der Waals surface area contributed by atoms with Crippen LogP contribution in [0.1, 0.15) is 36.1 Å². The molecule has 5 heteroatoms.